The van der Waals surface area contributed by atoms with Crippen LogP contribution in [0.2, 0.25) is 5.02 Å². The molecule has 1 atom stereocenters. The molecular formula is C17H21ClN4O. The number of aromatic nitrogens is 3. The van der Waals surface area contributed by atoms with Gasteiger partial charge in [-0.1, -0.05) is 28.9 Å². The van der Waals surface area contributed by atoms with E-state index < -0.39 is 0 Å². The molecule has 2 aromatic rings. The van der Waals surface area contributed by atoms with Gasteiger partial charge in [-0.15, -0.1) is 5.10 Å². The van der Waals surface area contributed by atoms with Gasteiger partial charge >= 0.3 is 0 Å². The van der Waals surface area contributed by atoms with Crippen molar-refractivity contribution >= 4 is 11.6 Å². The van der Waals surface area contributed by atoms with Gasteiger partial charge in [-0.25, -0.2) is 4.68 Å². The van der Waals surface area contributed by atoms with Gasteiger partial charge in [0.2, 0.25) is 0 Å². The lowest BCUT2D eigenvalue weighted by molar-refractivity contribution is 0.0786. The Morgan fingerprint density at radius 3 is 2.87 bits per heavy atom. The first-order chi connectivity index (χ1) is 11.2. The summed E-state index contributed by atoms with van der Waals surface area (Å²) in [4.78, 5) is 2.33. The van der Waals surface area contributed by atoms with Crippen LogP contribution >= 0.6 is 11.6 Å². The van der Waals surface area contributed by atoms with Gasteiger partial charge in [-0.2, -0.15) is 0 Å². The highest BCUT2D eigenvalue weighted by Gasteiger charge is 2.27. The molecule has 1 unspecified atom stereocenters. The summed E-state index contributed by atoms with van der Waals surface area (Å²) in [7, 11) is 0. The van der Waals surface area contributed by atoms with Gasteiger partial charge < -0.3 is 5.11 Å². The molecule has 0 spiro atoms. The first-order valence-electron chi connectivity index (χ1n) is 8.29. The minimum atomic E-state index is -0.137. The smallest absolute Gasteiger partial charge is 0.0967 e. The zero-order valence-electron chi connectivity index (χ0n) is 13.0. The van der Waals surface area contributed by atoms with E-state index in [4.69, 9.17) is 11.6 Å². The van der Waals surface area contributed by atoms with Crippen molar-refractivity contribution in [2.24, 2.45) is 0 Å². The Morgan fingerprint density at radius 2 is 2.04 bits per heavy atom. The zero-order valence-corrected chi connectivity index (χ0v) is 13.8. The Labute approximate surface area is 140 Å². The van der Waals surface area contributed by atoms with Crippen molar-refractivity contribution in [3.8, 4) is 0 Å². The van der Waals surface area contributed by atoms with Crippen LogP contribution in [-0.4, -0.2) is 44.2 Å². The summed E-state index contributed by atoms with van der Waals surface area (Å²) in [6.07, 6.45) is 5.65. The molecular weight excluding hydrogens is 312 g/mol. The maximum absolute atomic E-state index is 9.59. The number of fused-ring (bicyclic) bond motifs is 1. The van der Waals surface area contributed by atoms with Crippen molar-refractivity contribution < 1.29 is 5.11 Å². The Morgan fingerprint density at radius 1 is 1.22 bits per heavy atom. The maximum Gasteiger partial charge on any atom is 0.0967 e. The fourth-order valence-electron chi connectivity index (χ4n) is 3.71. The van der Waals surface area contributed by atoms with Crippen molar-refractivity contribution in [2.45, 2.75) is 44.4 Å². The highest BCUT2D eigenvalue weighted by Crippen LogP contribution is 2.37. The van der Waals surface area contributed by atoms with Crippen molar-refractivity contribution in [2.75, 3.05) is 13.1 Å². The third-order valence-corrected chi connectivity index (χ3v) is 5.36. The van der Waals surface area contributed by atoms with Crippen LogP contribution in [0.1, 0.15) is 42.1 Å². The number of nitrogens with zero attached hydrogens (tertiary/aromatic N) is 4. The standard InChI is InChI=1S/C17H21ClN4O/c18-16-3-1-2-15-14(16)4-5-17(15)22-11-12(19-20-22)10-21-8-6-13(23)7-9-21/h1-3,11,13,17,23H,4-10H2. The first-order valence-corrected chi connectivity index (χ1v) is 8.67. The normalized spacial score (nSPS) is 22.4. The molecule has 0 bridgehead atoms. The van der Waals surface area contributed by atoms with Crippen LogP contribution in [0.5, 0.6) is 0 Å². The van der Waals surface area contributed by atoms with Crippen molar-refractivity contribution in [1.29, 1.82) is 0 Å². The molecule has 6 heteroatoms. The van der Waals surface area contributed by atoms with Gasteiger partial charge in [0, 0.05) is 24.7 Å². The van der Waals surface area contributed by atoms with E-state index in [-0.39, 0.29) is 12.1 Å². The summed E-state index contributed by atoms with van der Waals surface area (Å²) in [6, 6.07) is 6.36. The maximum atomic E-state index is 9.59. The van der Waals surface area contributed by atoms with E-state index in [2.05, 4.69) is 27.5 Å². The molecule has 1 fully saturated rings. The summed E-state index contributed by atoms with van der Waals surface area (Å²) in [5.41, 5.74) is 3.52. The Kier molecular flexibility index (Phi) is 4.09. The molecule has 1 N–H and O–H groups in total. The molecule has 0 amide bonds. The van der Waals surface area contributed by atoms with Crippen LogP contribution in [0.3, 0.4) is 0 Å². The topological polar surface area (TPSA) is 54.2 Å². The second-order valence-corrected chi connectivity index (χ2v) is 6.97. The van der Waals surface area contributed by atoms with Crippen LogP contribution in [0.4, 0.5) is 0 Å². The zero-order chi connectivity index (χ0) is 15.8. The quantitative estimate of drug-likeness (QED) is 0.938. The largest absolute Gasteiger partial charge is 0.393 e. The average Bonchev–Trinajstić information content (AvgIpc) is 3.17. The number of piperidine rings is 1. The van der Waals surface area contributed by atoms with Crippen LogP contribution in [0.25, 0.3) is 0 Å². The van der Waals surface area contributed by atoms with E-state index in [1.807, 2.05) is 16.8 Å². The van der Waals surface area contributed by atoms with E-state index in [1.165, 1.54) is 11.1 Å². The number of halogens is 1. The molecule has 2 aliphatic rings. The van der Waals surface area contributed by atoms with Crippen molar-refractivity contribution in [3.63, 3.8) is 0 Å². The van der Waals surface area contributed by atoms with Gasteiger partial charge in [-0.05, 0) is 42.9 Å². The Hall–Kier alpha value is -1.43. The molecule has 5 nitrogen and oxygen atoms in total. The molecule has 0 radical (unpaired) electrons. The number of benzene rings is 1. The average molecular weight is 333 g/mol. The van der Waals surface area contributed by atoms with Crippen LogP contribution in [0, 0.1) is 0 Å². The minimum Gasteiger partial charge on any atom is -0.393 e. The van der Waals surface area contributed by atoms with E-state index in [1.54, 1.807) is 0 Å². The number of likely N-dealkylation sites (tertiary alicyclic amines) is 1. The van der Waals surface area contributed by atoms with E-state index in [9.17, 15) is 5.11 Å². The van der Waals surface area contributed by atoms with Crippen molar-refractivity contribution in [3.05, 3.63) is 46.2 Å². The number of aliphatic hydroxyl groups is 1. The second-order valence-electron chi connectivity index (χ2n) is 6.56. The molecule has 122 valence electrons. The van der Waals surface area contributed by atoms with E-state index >= 15 is 0 Å². The van der Waals surface area contributed by atoms with Gasteiger partial charge in [0.25, 0.3) is 0 Å². The number of rotatable bonds is 3. The molecule has 0 saturated carbocycles. The lowest BCUT2D eigenvalue weighted by Crippen LogP contribution is -2.35. The first kappa shape index (κ1) is 15.1. The number of hydrogen-bond acceptors (Lipinski definition) is 4. The molecule has 1 aromatic heterocycles. The summed E-state index contributed by atoms with van der Waals surface area (Å²) < 4.78 is 1.98. The Balaban J connectivity index is 1.48. The molecule has 1 saturated heterocycles. The second kappa shape index (κ2) is 6.23. The molecule has 1 aromatic carbocycles. The predicted molar refractivity (Wildman–Crippen MR) is 88.5 cm³/mol. The summed E-state index contributed by atoms with van der Waals surface area (Å²) >= 11 is 6.30. The lowest BCUT2D eigenvalue weighted by Gasteiger charge is -2.28. The van der Waals surface area contributed by atoms with E-state index in [0.29, 0.717) is 0 Å². The Bertz CT molecular complexity index is 694. The highest BCUT2D eigenvalue weighted by atomic mass is 35.5. The molecule has 23 heavy (non-hydrogen) atoms. The van der Waals surface area contributed by atoms with Gasteiger partial charge in [0.15, 0.2) is 0 Å². The molecule has 1 aliphatic heterocycles. The fraction of sp³-hybridized carbons (Fsp3) is 0.529. The van der Waals surface area contributed by atoms with Crippen molar-refractivity contribution in [1.82, 2.24) is 19.9 Å². The van der Waals surface area contributed by atoms with E-state index in [0.717, 1.165) is 56.0 Å². The summed E-state index contributed by atoms with van der Waals surface area (Å²) in [5.74, 6) is 0. The monoisotopic (exact) mass is 332 g/mol. The third-order valence-electron chi connectivity index (χ3n) is 5.00. The minimum absolute atomic E-state index is 0.137. The SMILES string of the molecule is OC1CCN(Cc2cn(C3CCc4c(Cl)cccc43)nn2)CC1. The van der Waals surface area contributed by atoms with Crippen LogP contribution in [-0.2, 0) is 13.0 Å². The number of hydrogen-bond donors (Lipinski definition) is 1. The van der Waals surface area contributed by atoms with Gasteiger partial charge in [0.1, 0.15) is 0 Å². The molecule has 4 rings (SSSR count). The summed E-state index contributed by atoms with van der Waals surface area (Å²) in [6.45, 7) is 2.66. The lowest BCUT2D eigenvalue weighted by atomic mass is 10.1. The van der Waals surface area contributed by atoms with Gasteiger partial charge in [0.05, 0.1) is 24.0 Å². The highest BCUT2D eigenvalue weighted by molar-refractivity contribution is 6.31. The third kappa shape index (κ3) is 3.01. The van der Waals surface area contributed by atoms with Crippen LogP contribution in [0.15, 0.2) is 24.4 Å². The number of aliphatic hydroxyl groups excluding tert-OH is 1. The van der Waals surface area contributed by atoms with Gasteiger partial charge in [-0.3, -0.25) is 4.90 Å². The molecule has 2 heterocycles. The molecule has 1 aliphatic carbocycles. The van der Waals surface area contributed by atoms with Crippen LogP contribution < -0.4 is 0 Å². The predicted octanol–water partition coefficient (Wildman–Crippen LogP) is 2.42. The summed E-state index contributed by atoms with van der Waals surface area (Å²) in [5, 5.41) is 19.1. The fourth-order valence-corrected chi connectivity index (χ4v) is 3.98.